The van der Waals surface area contributed by atoms with Crippen LogP contribution < -0.4 is 0 Å². The minimum atomic E-state index is 0.123. The Morgan fingerprint density at radius 1 is 1.43 bits per heavy atom. The van der Waals surface area contributed by atoms with Crippen molar-refractivity contribution in [3.8, 4) is 0 Å². The zero-order chi connectivity index (χ0) is 10.8. The van der Waals surface area contributed by atoms with Crippen LogP contribution in [0.1, 0.15) is 47.0 Å². The van der Waals surface area contributed by atoms with Gasteiger partial charge in [-0.2, -0.15) is 0 Å². The van der Waals surface area contributed by atoms with Crippen molar-refractivity contribution in [1.29, 1.82) is 0 Å². The van der Waals surface area contributed by atoms with Crippen molar-refractivity contribution in [2.45, 2.75) is 47.0 Å². The van der Waals surface area contributed by atoms with E-state index in [1.807, 2.05) is 4.90 Å². The minimum Gasteiger partial charge on any atom is -0.342 e. The number of hydrogen-bond donors (Lipinski definition) is 0. The fraction of sp³-hybridized carbons (Fsp3) is 0.917. The van der Waals surface area contributed by atoms with Crippen molar-refractivity contribution in [1.82, 2.24) is 4.90 Å². The molecule has 1 fully saturated rings. The molecule has 1 aliphatic rings. The molecule has 0 aromatic carbocycles. The van der Waals surface area contributed by atoms with Gasteiger partial charge in [-0.3, -0.25) is 4.79 Å². The van der Waals surface area contributed by atoms with Crippen molar-refractivity contribution in [3.63, 3.8) is 0 Å². The second-order valence-electron chi connectivity index (χ2n) is 5.82. The molecule has 2 heteroatoms. The van der Waals surface area contributed by atoms with E-state index in [9.17, 15) is 4.79 Å². The summed E-state index contributed by atoms with van der Waals surface area (Å²) in [4.78, 5) is 13.9. The lowest BCUT2D eigenvalue weighted by molar-refractivity contribution is -0.134. The SMILES string of the molecule is CC1CCCN(C(=O)CC(C)(C)C)C1. The third-order valence-corrected chi connectivity index (χ3v) is 2.69. The lowest BCUT2D eigenvalue weighted by atomic mass is 9.90. The van der Waals surface area contributed by atoms with E-state index in [-0.39, 0.29) is 5.41 Å². The maximum Gasteiger partial charge on any atom is 0.223 e. The summed E-state index contributed by atoms with van der Waals surface area (Å²) in [6.45, 7) is 10.5. The third-order valence-electron chi connectivity index (χ3n) is 2.69. The van der Waals surface area contributed by atoms with Gasteiger partial charge in [-0.25, -0.2) is 0 Å². The Morgan fingerprint density at radius 2 is 2.07 bits per heavy atom. The highest BCUT2D eigenvalue weighted by Crippen LogP contribution is 2.22. The molecule has 1 amide bonds. The highest BCUT2D eigenvalue weighted by molar-refractivity contribution is 5.76. The van der Waals surface area contributed by atoms with Crippen molar-refractivity contribution in [2.75, 3.05) is 13.1 Å². The van der Waals surface area contributed by atoms with Crippen LogP contribution in [0, 0.1) is 11.3 Å². The van der Waals surface area contributed by atoms with Crippen molar-refractivity contribution in [2.24, 2.45) is 11.3 Å². The first kappa shape index (κ1) is 11.5. The Labute approximate surface area is 87.7 Å². The summed E-state index contributed by atoms with van der Waals surface area (Å²) in [5.74, 6) is 1.02. The number of nitrogens with zero attached hydrogens (tertiary/aromatic N) is 1. The predicted molar refractivity (Wildman–Crippen MR) is 59.1 cm³/mol. The van der Waals surface area contributed by atoms with E-state index < -0.39 is 0 Å². The van der Waals surface area contributed by atoms with E-state index >= 15 is 0 Å². The summed E-state index contributed by atoms with van der Waals surface area (Å²) in [7, 11) is 0. The monoisotopic (exact) mass is 197 g/mol. The largest absolute Gasteiger partial charge is 0.342 e. The minimum absolute atomic E-state index is 0.123. The molecule has 0 bridgehead atoms. The summed E-state index contributed by atoms with van der Waals surface area (Å²) in [5.41, 5.74) is 0.123. The summed E-state index contributed by atoms with van der Waals surface area (Å²) in [5, 5.41) is 0. The molecule has 0 radical (unpaired) electrons. The summed E-state index contributed by atoms with van der Waals surface area (Å²) >= 11 is 0. The number of likely N-dealkylation sites (tertiary alicyclic amines) is 1. The number of carbonyl (C=O) groups is 1. The summed E-state index contributed by atoms with van der Waals surface area (Å²) in [6.07, 6.45) is 3.13. The second kappa shape index (κ2) is 4.33. The highest BCUT2D eigenvalue weighted by Gasteiger charge is 2.24. The van der Waals surface area contributed by atoms with E-state index in [1.165, 1.54) is 12.8 Å². The Balaban J connectivity index is 2.44. The molecule has 1 atom stereocenters. The van der Waals surface area contributed by atoms with Gasteiger partial charge in [-0.15, -0.1) is 0 Å². The molecule has 1 saturated heterocycles. The topological polar surface area (TPSA) is 20.3 Å². The van der Waals surface area contributed by atoms with Crippen molar-refractivity contribution >= 4 is 5.91 Å². The van der Waals surface area contributed by atoms with E-state index in [0.29, 0.717) is 18.2 Å². The van der Waals surface area contributed by atoms with Gasteiger partial charge in [-0.05, 0) is 24.2 Å². The number of amides is 1. The second-order valence-corrected chi connectivity index (χ2v) is 5.82. The molecule has 82 valence electrons. The Kier molecular flexibility index (Phi) is 3.57. The molecule has 0 aromatic rings. The van der Waals surface area contributed by atoms with Gasteiger partial charge >= 0.3 is 0 Å². The first-order chi connectivity index (χ1) is 6.38. The van der Waals surface area contributed by atoms with Gasteiger partial charge in [0, 0.05) is 19.5 Å². The molecular formula is C12H23NO. The fourth-order valence-electron chi connectivity index (χ4n) is 1.98. The molecule has 0 spiro atoms. The fourth-order valence-corrected chi connectivity index (χ4v) is 1.98. The molecule has 0 saturated carbocycles. The standard InChI is InChI=1S/C12H23NO/c1-10-6-5-7-13(9-10)11(14)8-12(2,3)4/h10H,5-9H2,1-4H3. The van der Waals surface area contributed by atoms with Gasteiger partial charge in [0.15, 0.2) is 0 Å². The molecular weight excluding hydrogens is 174 g/mol. The van der Waals surface area contributed by atoms with Gasteiger partial charge in [0.1, 0.15) is 0 Å². The van der Waals surface area contributed by atoms with E-state index in [4.69, 9.17) is 0 Å². The average Bonchev–Trinajstić information content (AvgIpc) is 2.01. The summed E-state index contributed by atoms with van der Waals surface area (Å²) < 4.78 is 0. The van der Waals surface area contributed by atoms with E-state index in [0.717, 1.165) is 13.1 Å². The van der Waals surface area contributed by atoms with Crippen LogP contribution in [0.25, 0.3) is 0 Å². The molecule has 0 N–H and O–H groups in total. The van der Waals surface area contributed by atoms with Gasteiger partial charge < -0.3 is 4.90 Å². The number of piperidine rings is 1. The average molecular weight is 197 g/mol. The predicted octanol–water partition coefficient (Wildman–Crippen LogP) is 2.68. The van der Waals surface area contributed by atoms with Crippen LogP contribution >= 0.6 is 0 Å². The summed E-state index contributed by atoms with van der Waals surface area (Å²) in [6, 6.07) is 0. The molecule has 1 rings (SSSR count). The van der Waals surface area contributed by atoms with Crippen molar-refractivity contribution in [3.05, 3.63) is 0 Å². The smallest absolute Gasteiger partial charge is 0.223 e. The van der Waals surface area contributed by atoms with E-state index in [2.05, 4.69) is 27.7 Å². The van der Waals surface area contributed by atoms with Gasteiger partial charge in [0.05, 0.1) is 0 Å². The third kappa shape index (κ3) is 3.69. The van der Waals surface area contributed by atoms with Crippen LogP contribution in [0.2, 0.25) is 0 Å². The molecule has 14 heavy (non-hydrogen) atoms. The maximum atomic E-state index is 11.9. The highest BCUT2D eigenvalue weighted by atomic mass is 16.2. The lowest BCUT2D eigenvalue weighted by Crippen LogP contribution is -2.40. The number of hydrogen-bond acceptors (Lipinski definition) is 1. The Morgan fingerprint density at radius 3 is 2.57 bits per heavy atom. The number of rotatable bonds is 1. The molecule has 1 aliphatic heterocycles. The van der Waals surface area contributed by atoms with Crippen LogP contribution in [0.4, 0.5) is 0 Å². The maximum absolute atomic E-state index is 11.9. The van der Waals surface area contributed by atoms with E-state index in [1.54, 1.807) is 0 Å². The quantitative estimate of drug-likeness (QED) is 0.633. The van der Waals surface area contributed by atoms with Gasteiger partial charge in [0.2, 0.25) is 5.91 Å². The zero-order valence-corrected chi connectivity index (χ0v) is 9.97. The zero-order valence-electron chi connectivity index (χ0n) is 9.97. The van der Waals surface area contributed by atoms with Gasteiger partial charge in [0.25, 0.3) is 0 Å². The Bertz CT molecular complexity index is 205. The van der Waals surface area contributed by atoms with Crippen LogP contribution in [0.5, 0.6) is 0 Å². The number of carbonyl (C=O) groups excluding carboxylic acids is 1. The van der Waals surface area contributed by atoms with Crippen LogP contribution in [-0.4, -0.2) is 23.9 Å². The molecule has 0 aromatic heterocycles. The molecule has 2 nitrogen and oxygen atoms in total. The van der Waals surface area contributed by atoms with Gasteiger partial charge in [-0.1, -0.05) is 27.7 Å². The molecule has 1 unspecified atom stereocenters. The van der Waals surface area contributed by atoms with Crippen LogP contribution in [-0.2, 0) is 4.79 Å². The lowest BCUT2D eigenvalue weighted by Gasteiger charge is -2.32. The molecule has 0 aliphatic carbocycles. The van der Waals surface area contributed by atoms with Crippen LogP contribution in [0.15, 0.2) is 0 Å². The van der Waals surface area contributed by atoms with Crippen molar-refractivity contribution < 1.29 is 4.79 Å². The Hall–Kier alpha value is -0.530. The normalized spacial score (nSPS) is 23.7. The first-order valence-electron chi connectivity index (χ1n) is 5.66. The van der Waals surface area contributed by atoms with Crippen LogP contribution in [0.3, 0.4) is 0 Å². The first-order valence-corrected chi connectivity index (χ1v) is 5.66. The molecule has 1 heterocycles.